The van der Waals surface area contributed by atoms with Gasteiger partial charge in [0.15, 0.2) is 11.5 Å². The number of nitrogens with zero attached hydrogens (tertiary/aromatic N) is 1. The fourth-order valence-corrected chi connectivity index (χ4v) is 5.83. The van der Waals surface area contributed by atoms with E-state index in [1.807, 2.05) is 18.2 Å². The Morgan fingerprint density at radius 1 is 1.23 bits per heavy atom. The van der Waals surface area contributed by atoms with Crippen molar-refractivity contribution in [3.8, 4) is 22.6 Å². The van der Waals surface area contributed by atoms with Crippen molar-refractivity contribution in [1.29, 1.82) is 0 Å². The first-order chi connectivity index (χ1) is 16.7. The summed E-state index contributed by atoms with van der Waals surface area (Å²) < 4.78 is 11.7. The van der Waals surface area contributed by atoms with Crippen molar-refractivity contribution in [3.63, 3.8) is 0 Å². The van der Waals surface area contributed by atoms with Gasteiger partial charge in [0.25, 0.3) is 0 Å². The molecule has 35 heavy (non-hydrogen) atoms. The molecule has 0 radical (unpaired) electrons. The lowest BCUT2D eigenvalue weighted by Gasteiger charge is -2.48. The number of nitrogens with one attached hydrogen (secondary N) is 1. The Bertz CT molecular complexity index is 1150. The highest BCUT2D eigenvalue weighted by molar-refractivity contribution is 5.83. The minimum Gasteiger partial charge on any atom is -0.504 e. The van der Waals surface area contributed by atoms with Gasteiger partial charge in [0.05, 0.1) is 6.61 Å². The van der Waals surface area contributed by atoms with Crippen molar-refractivity contribution in [2.75, 3.05) is 20.2 Å². The van der Waals surface area contributed by atoms with Crippen LogP contribution in [0.15, 0.2) is 30.3 Å². The van der Waals surface area contributed by atoms with Crippen molar-refractivity contribution in [2.45, 2.75) is 62.9 Å². The first-order valence-corrected chi connectivity index (χ1v) is 11.9. The number of ether oxygens (including phenoxy) is 2. The molecular weight excluding hydrogens is 452 g/mol. The number of hydrogen-bond acceptors (Lipinski definition) is 8. The maximum absolute atomic E-state index is 11.7. The van der Waals surface area contributed by atoms with Crippen LogP contribution in [-0.4, -0.2) is 82.1 Å². The first kappa shape index (κ1) is 24.0. The van der Waals surface area contributed by atoms with E-state index in [9.17, 15) is 25.2 Å². The minimum absolute atomic E-state index is 0.0579. The molecule has 2 aliphatic heterocycles. The molecule has 2 aromatic rings. The van der Waals surface area contributed by atoms with Crippen LogP contribution in [0.1, 0.15) is 30.5 Å². The number of benzene rings is 2. The molecule has 188 valence electrons. The smallest absolute Gasteiger partial charge is 0.223 e. The molecule has 6 atom stereocenters. The molecule has 1 saturated heterocycles. The van der Waals surface area contributed by atoms with Crippen LogP contribution in [0, 0.1) is 0 Å². The van der Waals surface area contributed by atoms with Crippen LogP contribution in [0.3, 0.4) is 0 Å². The topological polar surface area (TPSA) is 132 Å². The second-order valence-corrected chi connectivity index (χ2v) is 9.96. The van der Waals surface area contributed by atoms with Crippen LogP contribution in [0.2, 0.25) is 0 Å². The summed E-state index contributed by atoms with van der Waals surface area (Å²) in [6, 6.07) is 8.61. The molecule has 9 nitrogen and oxygen atoms in total. The van der Waals surface area contributed by atoms with Gasteiger partial charge in [-0.2, -0.15) is 0 Å². The molecule has 0 aromatic heterocycles. The highest BCUT2D eigenvalue weighted by Crippen LogP contribution is 2.52. The van der Waals surface area contributed by atoms with E-state index in [1.165, 1.54) is 18.1 Å². The number of carbonyl (C=O) groups is 1. The Kier molecular flexibility index (Phi) is 6.01. The Balaban J connectivity index is 1.55. The van der Waals surface area contributed by atoms with Gasteiger partial charge < -0.3 is 35.2 Å². The summed E-state index contributed by atoms with van der Waals surface area (Å²) in [5.74, 6) is -0.387. The van der Waals surface area contributed by atoms with Crippen LogP contribution < -0.4 is 10.1 Å². The predicted octanol–water partition coefficient (Wildman–Crippen LogP) is 0.641. The minimum atomic E-state index is -1.44. The third-order valence-corrected chi connectivity index (χ3v) is 7.77. The Morgan fingerprint density at radius 2 is 2.00 bits per heavy atom. The lowest BCUT2D eigenvalue weighted by atomic mass is 9.69. The second-order valence-electron chi connectivity index (χ2n) is 9.96. The zero-order chi connectivity index (χ0) is 25.1. The SMILES string of the molecule is CC(=O)NC1C(Oc2ccc3c(c2O)-c2cccc4c2C(C)(C3)N(C)CC4)OC(CO)C(O)C1O. The zero-order valence-electron chi connectivity index (χ0n) is 20.1. The molecule has 6 unspecified atom stereocenters. The molecule has 1 amide bonds. The fraction of sp³-hybridized carbons (Fsp3) is 0.500. The average Bonchev–Trinajstić information content (AvgIpc) is 2.82. The summed E-state index contributed by atoms with van der Waals surface area (Å²) in [6.45, 7) is 3.91. The summed E-state index contributed by atoms with van der Waals surface area (Å²) in [5.41, 5.74) is 4.92. The molecule has 5 N–H and O–H groups in total. The van der Waals surface area contributed by atoms with Crippen molar-refractivity contribution in [2.24, 2.45) is 0 Å². The van der Waals surface area contributed by atoms with E-state index in [4.69, 9.17) is 9.47 Å². The van der Waals surface area contributed by atoms with Crippen LogP contribution in [0.25, 0.3) is 11.1 Å². The van der Waals surface area contributed by atoms with E-state index < -0.39 is 43.2 Å². The third-order valence-electron chi connectivity index (χ3n) is 7.77. The van der Waals surface area contributed by atoms with Gasteiger partial charge in [-0.1, -0.05) is 24.3 Å². The van der Waals surface area contributed by atoms with Crippen LogP contribution in [-0.2, 0) is 27.9 Å². The number of fused-ring (bicyclic) bond motifs is 2. The maximum atomic E-state index is 11.7. The highest BCUT2D eigenvalue weighted by atomic mass is 16.7. The summed E-state index contributed by atoms with van der Waals surface area (Å²) >= 11 is 0. The molecule has 0 spiro atoms. The fourth-order valence-electron chi connectivity index (χ4n) is 5.83. The molecule has 1 aliphatic carbocycles. The number of phenols is 1. The first-order valence-electron chi connectivity index (χ1n) is 11.9. The molecular formula is C26H32N2O7. The molecule has 2 heterocycles. The molecule has 5 rings (SSSR count). The number of phenolic OH excluding ortho intramolecular Hbond substituents is 1. The van der Waals surface area contributed by atoms with Crippen molar-refractivity contribution in [1.82, 2.24) is 10.2 Å². The van der Waals surface area contributed by atoms with Crippen molar-refractivity contribution in [3.05, 3.63) is 47.0 Å². The summed E-state index contributed by atoms with van der Waals surface area (Å²) in [5, 5.41) is 44.4. The average molecular weight is 485 g/mol. The molecule has 9 heteroatoms. The van der Waals surface area contributed by atoms with Gasteiger partial charge in [0, 0.05) is 24.6 Å². The van der Waals surface area contributed by atoms with E-state index in [-0.39, 0.29) is 17.0 Å². The monoisotopic (exact) mass is 484 g/mol. The van der Waals surface area contributed by atoms with Gasteiger partial charge in [0.1, 0.15) is 24.4 Å². The van der Waals surface area contributed by atoms with E-state index >= 15 is 0 Å². The molecule has 0 bridgehead atoms. The highest BCUT2D eigenvalue weighted by Gasteiger charge is 2.47. The number of carbonyl (C=O) groups excluding carboxylic acids is 1. The number of aliphatic hydroxyl groups is 3. The summed E-state index contributed by atoms with van der Waals surface area (Å²) in [6.07, 6.45) is -3.56. The summed E-state index contributed by atoms with van der Waals surface area (Å²) in [4.78, 5) is 14.1. The predicted molar refractivity (Wildman–Crippen MR) is 127 cm³/mol. The van der Waals surface area contributed by atoms with Gasteiger partial charge in [0.2, 0.25) is 12.2 Å². The normalized spacial score (nSPS) is 31.9. The van der Waals surface area contributed by atoms with Gasteiger partial charge in [-0.25, -0.2) is 0 Å². The van der Waals surface area contributed by atoms with Crippen molar-refractivity contribution < 1.29 is 34.7 Å². The molecule has 1 fully saturated rings. The number of amides is 1. The Labute approximate surface area is 203 Å². The lowest BCUT2D eigenvalue weighted by molar-refractivity contribution is -0.244. The standard InChI is InChI=1S/C26H32N2O7/c1-13(30)27-21-24(33)23(32)18(12-29)35-25(21)34-17-8-7-15-11-26(2)20-14(9-10-28(26)3)5-4-6-16(20)19(15)22(17)31/h4-8,18,21,23-25,29,31-33H,9-12H2,1-3H3,(H,27,30). The lowest BCUT2D eigenvalue weighted by Crippen LogP contribution is -2.65. The number of likely N-dealkylation sites (N-methyl/N-ethyl adjacent to an activating group) is 1. The third kappa shape index (κ3) is 3.78. The molecule has 2 aromatic carbocycles. The van der Waals surface area contributed by atoms with Gasteiger partial charge in [-0.15, -0.1) is 0 Å². The number of aromatic hydroxyl groups is 1. The van der Waals surface area contributed by atoms with E-state index in [1.54, 1.807) is 6.07 Å². The van der Waals surface area contributed by atoms with Crippen LogP contribution >= 0.6 is 0 Å². The van der Waals surface area contributed by atoms with E-state index in [0.717, 1.165) is 30.5 Å². The van der Waals surface area contributed by atoms with Crippen molar-refractivity contribution >= 4 is 5.91 Å². The second kappa shape index (κ2) is 8.76. The molecule has 0 saturated carbocycles. The van der Waals surface area contributed by atoms with E-state index in [2.05, 4.69) is 30.3 Å². The number of aliphatic hydroxyl groups excluding tert-OH is 3. The maximum Gasteiger partial charge on any atom is 0.223 e. The Morgan fingerprint density at radius 3 is 2.71 bits per heavy atom. The van der Waals surface area contributed by atoms with Gasteiger partial charge >= 0.3 is 0 Å². The Hall–Kier alpha value is -2.69. The van der Waals surface area contributed by atoms with Crippen LogP contribution in [0.4, 0.5) is 0 Å². The largest absolute Gasteiger partial charge is 0.504 e. The number of hydrogen-bond donors (Lipinski definition) is 5. The van der Waals surface area contributed by atoms with Gasteiger partial charge in [-0.05, 0) is 55.1 Å². The van der Waals surface area contributed by atoms with Crippen LogP contribution in [0.5, 0.6) is 11.5 Å². The molecule has 3 aliphatic rings. The summed E-state index contributed by atoms with van der Waals surface area (Å²) in [7, 11) is 2.13. The number of rotatable bonds is 4. The van der Waals surface area contributed by atoms with E-state index in [0.29, 0.717) is 5.56 Å². The zero-order valence-corrected chi connectivity index (χ0v) is 20.1. The van der Waals surface area contributed by atoms with Gasteiger partial charge in [-0.3, -0.25) is 9.69 Å². The quantitative estimate of drug-likeness (QED) is 0.427.